The van der Waals surface area contributed by atoms with Crippen LogP contribution in [0.5, 0.6) is 0 Å². The zero-order valence-corrected chi connectivity index (χ0v) is 15.2. The first kappa shape index (κ1) is 20.4. The Balaban J connectivity index is 1.70. The van der Waals surface area contributed by atoms with Crippen LogP contribution in [0.15, 0.2) is 55.0 Å². The van der Waals surface area contributed by atoms with Gasteiger partial charge in [0.25, 0.3) is 0 Å². The molecule has 4 aromatic rings. The maximum atomic E-state index is 13.3. The number of hydrogen-bond acceptors (Lipinski definition) is 6. The molecule has 4 heterocycles. The van der Waals surface area contributed by atoms with Gasteiger partial charge in [-0.25, -0.2) is 15.0 Å². The van der Waals surface area contributed by atoms with Gasteiger partial charge in [0.15, 0.2) is 5.65 Å². The molecule has 0 fully saturated rings. The van der Waals surface area contributed by atoms with E-state index in [1.165, 1.54) is 24.4 Å². The van der Waals surface area contributed by atoms with E-state index in [0.717, 1.165) is 24.4 Å². The van der Waals surface area contributed by atoms with E-state index < -0.39 is 29.2 Å². The number of fused-ring (bicyclic) bond motifs is 1. The highest BCUT2D eigenvalue weighted by Gasteiger charge is 2.35. The Kier molecular flexibility index (Phi) is 4.91. The molecule has 0 radical (unpaired) electrons. The van der Waals surface area contributed by atoms with E-state index in [1.54, 1.807) is 0 Å². The summed E-state index contributed by atoms with van der Waals surface area (Å²) in [6, 6.07) is 7.18. The second-order valence-corrected chi connectivity index (χ2v) is 6.27. The van der Waals surface area contributed by atoms with Crippen molar-refractivity contribution in [1.29, 1.82) is 0 Å². The minimum atomic E-state index is -4.65. The highest BCUT2D eigenvalue weighted by molar-refractivity contribution is 5.91. The monoisotopic (exact) mass is 436 g/mol. The summed E-state index contributed by atoms with van der Waals surface area (Å²) in [5, 5.41) is 10.3. The molecule has 31 heavy (non-hydrogen) atoms. The van der Waals surface area contributed by atoms with Gasteiger partial charge >= 0.3 is 12.4 Å². The van der Waals surface area contributed by atoms with E-state index in [9.17, 15) is 26.3 Å². The molecule has 0 aliphatic rings. The molecule has 0 atom stereocenters. The van der Waals surface area contributed by atoms with Crippen LogP contribution in [0.2, 0.25) is 0 Å². The minimum absolute atomic E-state index is 0.0785. The van der Waals surface area contributed by atoms with Crippen LogP contribution in [-0.2, 0) is 12.4 Å². The summed E-state index contributed by atoms with van der Waals surface area (Å²) in [5.74, 6) is 0.137. The number of aromatic nitrogens is 5. The Morgan fingerprint density at radius 3 is 2.26 bits per heavy atom. The Bertz CT molecular complexity index is 1240. The largest absolute Gasteiger partial charge is 0.418 e. The van der Waals surface area contributed by atoms with Gasteiger partial charge < -0.3 is 5.32 Å². The summed E-state index contributed by atoms with van der Waals surface area (Å²) in [7, 11) is 0. The average molecular weight is 436 g/mol. The molecule has 0 spiro atoms. The maximum absolute atomic E-state index is 13.3. The number of rotatable bonds is 3. The van der Waals surface area contributed by atoms with Crippen LogP contribution >= 0.6 is 0 Å². The normalized spacial score (nSPS) is 12.2. The smallest absolute Gasteiger partial charge is 0.340 e. The van der Waals surface area contributed by atoms with Gasteiger partial charge in [-0.3, -0.25) is 0 Å². The highest BCUT2D eigenvalue weighted by Crippen LogP contribution is 2.35. The van der Waals surface area contributed by atoms with Gasteiger partial charge in [-0.1, -0.05) is 0 Å². The predicted molar refractivity (Wildman–Crippen MR) is 98.1 cm³/mol. The van der Waals surface area contributed by atoms with E-state index in [2.05, 4.69) is 30.5 Å². The first-order valence-corrected chi connectivity index (χ1v) is 8.58. The number of nitrogens with zero attached hydrogens (tertiary/aromatic N) is 5. The SMILES string of the molecule is FC(F)(F)c1ccc(Nc2ccnc3nc(-c4nnccc4C(F)(F)F)ccc23)nc1. The van der Waals surface area contributed by atoms with Gasteiger partial charge in [0.05, 0.1) is 28.7 Å². The van der Waals surface area contributed by atoms with Crippen LogP contribution in [0.4, 0.5) is 37.8 Å². The fourth-order valence-electron chi connectivity index (χ4n) is 2.79. The standard InChI is InChI=1S/C19H10F6N6/c20-18(21,22)10-1-4-15(27-9-10)29-13-6-7-26-17-11(13)2-3-14(30-17)16-12(19(23,24)25)5-8-28-31-16/h1-9H,(H,26,27,29,30). The van der Waals surface area contributed by atoms with Crippen molar-refractivity contribution in [3.63, 3.8) is 0 Å². The summed E-state index contributed by atoms with van der Waals surface area (Å²) in [4.78, 5) is 11.9. The zero-order chi connectivity index (χ0) is 22.2. The molecule has 0 aliphatic heterocycles. The molecule has 12 heteroatoms. The topological polar surface area (TPSA) is 76.5 Å². The van der Waals surface area contributed by atoms with Gasteiger partial charge in [-0.2, -0.15) is 31.4 Å². The lowest BCUT2D eigenvalue weighted by Crippen LogP contribution is -2.09. The van der Waals surface area contributed by atoms with Crippen LogP contribution in [0, 0.1) is 0 Å². The van der Waals surface area contributed by atoms with Crippen molar-refractivity contribution in [2.24, 2.45) is 0 Å². The Labute approximate surface area is 170 Å². The summed E-state index contributed by atoms with van der Waals surface area (Å²) < 4.78 is 77.8. The van der Waals surface area contributed by atoms with Crippen LogP contribution in [0.3, 0.4) is 0 Å². The second kappa shape index (κ2) is 7.45. The van der Waals surface area contributed by atoms with Gasteiger partial charge in [0, 0.05) is 17.8 Å². The van der Waals surface area contributed by atoms with Gasteiger partial charge in [0.2, 0.25) is 0 Å². The molecule has 0 bridgehead atoms. The van der Waals surface area contributed by atoms with E-state index >= 15 is 0 Å². The number of halogens is 6. The molecule has 0 amide bonds. The number of nitrogens with one attached hydrogen (secondary N) is 1. The maximum Gasteiger partial charge on any atom is 0.418 e. The van der Waals surface area contributed by atoms with Crippen LogP contribution < -0.4 is 5.32 Å². The van der Waals surface area contributed by atoms with E-state index in [4.69, 9.17) is 0 Å². The molecule has 0 aliphatic carbocycles. The molecule has 0 unspecified atom stereocenters. The summed E-state index contributed by atoms with van der Waals surface area (Å²) in [5.41, 5.74) is -1.89. The molecule has 158 valence electrons. The third-order valence-electron chi connectivity index (χ3n) is 4.23. The van der Waals surface area contributed by atoms with Gasteiger partial charge in [-0.05, 0) is 36.4 Å². The molecule has 0 saturated carbocycles. The van der Waals surface area contributed by atoms with Crippen molar-refractivity contribution < 1.29 is 26.3 Å². The molecule has 4 aromatic heterocycles. The van der Waals surface area contributed by atoms with Crippen molar-refractivity contribution in [3.8, 4) is 11.4 Å². The minimum Gasteiger partial charge on any atom is -0.340 e. The lowest BCUT2D eigenvalue weighted by molar-refractivity contribution is -0.138. The van der Waals surface area contributed by atoms with Crippen LogP contribution in [0.1, 0.15) is 11.1 Å². The first-order valence-electron chi connectivity index (χ1n) is 8.58. The Morgan fingerprint density at radius 2 is 1.58 bits per heavy atom. The molecular weight excluding hydrogens is 426 g/mol. The molecule has 6 nitrogen and oxygen atoms in total. The molecule has 0 aromatic carbocycles. The van der Waals surface area contributed by atoms with Gasteiger partial charge in [-0.15, -0.1) is 5.10 Å². The summed E-state index contributed by atoms with van der Waals surface area (Å²) >= 11 is 0. The Hall–Kier alpha value is -3.83. The van der Waals surface area contributed by atoms with E-state index in [0.29, 0.717) is 17.3 Å². The predicted octanol–water partition coefficient (Wildman–Crippen LogP) is 5.26. The highest BCUT2D eigenvalue weighted by atomic mass is 19.4. The van der Waals surface area contributed by atoms with Crippen molar-refractivity contribution in [2.75, 3.05) is 5.32 Å². The fraction of sp³-hybridized carbons (Fsp3) is 0.105. The van der Waals surface area contributed by atoms with Crippen molar-refractivity contribution in [1.82, 2.24) is 25.1 Å². The van der Waals surface area contributed by atoms with Crippen molar-refractivity contribution in [3.05, 3.63) is 66.1 Å². The third kappa shape index (κ3) is 4.22. The van der Waals surface area contributed by atoms with Crippen molar-refractivity contribution in [2.45, 2.75) is 12.4 Å². The second-order valence-electron chi connectivity index (χ2n) is 6.27. The number of alkyl halides is 6. The third-order valence-corrected chi connectivity index (χ3v) is 4.23. The quantitative estimate of drug-likeness (QED) is 0.442. The van der Waals surface area contributed by atoms with Crippen LogP contribution in [0.25, 0.3) is 22.4 Å². The lowest BCUT2D eigenvalue weighted by Gasteiger charge is -2.12. The summed E-state index contributed by atoms with van der Waals surface area (Å²) in [6.45, 7) is 0. The number of hydrogen-bond donors (Lipinski definition) is 1. The van der Waals surface area contributed by atoms with E-state index in [-0.39, 0.29) is 17.2 Å². The summed E-state index contributed by atoms with van der Waals surface area (Å²) in [6.07, 6.45) is -6.18. The molecule has 4 rings (SSSR count). The first-order chi connectivity index (χ1) is 14.6. The molecule has 0 saturated heterocycles. The van der Waals surface area contributed by atoms with E-state index in [1.807, 2.05) is 0 Å². The fourth-order valence-corrected chi connectivity index (χ4v) is 2.79. The Morgan fingerprint density at radius 1 is 0.774 bits per heavy atom. The average Bonchev–Trinajstić information content (AvgIpc) is 2.73. The molecule has 1 N–H and O–H groups in total. The molecular formula is C19H10F6N6. The number of pyridine rings is 3. The number of anilines is 2. The van der Waals surface area contributed by atoms with Crippen LogP contribution in [-0.4, -0.2) is 25.1 Å². The van der Waals surface area contributed by atoms with Gasteiger partial charge in [0.1, 0.15) is 11.5 Å². The zero-order valence-electron chi connectivity index (χ0n) is 15.2. The van der Waals surface area contributed by atoms with Crippen molar-refractivity contribution >= 4 is 22.5 Å². The lowest BCUT2D eigenvalue weighted by atomic mass is 10.1.